The van der Waals surface area contributed by atoms with Crippen molar-refractivity contribution in [2.45, 2.75) is 50.8 Å². The molecule has 2 N–H and O–H groups in total. The van der Waals surface area contributed by atoms with Crippen LogP contribution in [0.15, 0.2) is 4.99 Å². The highest BCUT2D eigenvalue weighted by Gasteiger charge is 2.32. The summed E-state index contributed by atoms with van der Waals surface area (Å²) in [5, 5.41) is 6.60. The first-order valence-corrected chi connectivity index (χ1v) is 9.17. The Hall–Kier alpha value is -1.02. The van der Waals surface area contributed by atoms with E-state index in [0.29, 0.717) is 19.0 Å². The van der Waals surface area contributed by atoms with Gasteiger partial charge in [-0.2, -0.15) is 13.2 Å². The minimum atomic E-state index is -4.09. The van der Waals surface area contributed by atoms with Crippen LogP contribution in [-0.2, 0) is 4.74 Å². The van der Waals surface area contributed by atoms with E-state index in [2.05, 4.69) is 22.5 Å². The Balaban J connectivity index is 1.60. The molecule has 0 amide bonds. The number of likely N-dealkylation sites (tertiary alicyclic amines) is 1. The summed E-state index contributed by atoms with van der Waals surface area (Å²) in [6.07, 6.45) is 0.663. The zero-order valence-electron chi connectivity index (χ0n) is 15.3. The highest BCUT2D eigenvalue weighted by Crippen LogP contribution is 2.24. The second kappa shape index (κ2) is 9.07. The predicted molar refractivity (Wildman–Crippen MR) is 92.8 cm³/mol. The lowest BCUT2D eigenvalue weighted by Gasteiger charge is -2.32. The van der Waals surface area contributed by atoms with Gasteiger partial charge in [-0.1, -0.05) is 0 Å². The van der Waals surface area contributed by atoms with E-state index < -0.39 is 12.7 Å². The number of hydrogen-bond acceptors (Lipinski definition) is 3. The largest absolute Gasteiger partial charge is 0.401 e. The zero-order chi connectivity index (χ0) is 18.3. The molecule has 2 aliphatic rings. The summed E-state index contributed by atoms with van der Waals surface area (Å²) in [5.41, 5.74) is -0.122. The number of hydrogen-bond donors (Lipinski definition) is 2. The maximum absolute atomic E-state index is 12.4. The molecule has 2 saturated heterocycles. The fraction of sp³-hybridized carbons (Fsp3) is 0.941. The van der Waals surface area contributed by atoms with E-state index in [9.17, 15) is 13.2 Å². The molecule has 146 valence electrons. The number of alkyl halides is 3. The van der Waals surface area contributed by atoms with Gasteiger partial charge in [0.1, 0.15) is 0 Å². The molecule has 0 aromatic heterocycles. The Morgan fingerprint density at radius 3 is 2.56 bits per heavy atom. The van der Waals surface area contributed by atoms with E-state index in [-0.39, 0.29) is 5.60 Å². The van der Waals surface area contributed by atoms with E-state index in [4.69, 9.17) is 4.74 Å². The number of guanidine groups is 1. The van der Waals surface area contributed by atoms with Crippen LogP contribution in [-0.4, -0.2) is 69.0 Å². The molecule has 0 aromatic rings. The summed E-state index contributed by atoms with van der Waals surface area (Å²) in [6, 6.07) is 0. The van der Waals surface area contributed by atoms with Gasteiger partial charge < -0.3 is 15.4 Å². The summed E-state index contributed by atoms with van der Waals surface area (Å²) in [6.45, 7) is 4.71. The molecular weight excluding hydrogens is 333 g/mol. The van der Waals surface area contributed by atoms with Crippen molar-refractivity contribution in [3.63, 3.8) is 0 Å². The van der Waals surface area contributed by atoms with Crippen molar-refractivity contribution in [3.05, 3.63) is 0 Å². The van der Waals surface area contributed by atoms with Gasteiger partial charge in [0.15, 0.2) is 5.96 Å². The van der Waals surface area contributed by atoms with Crippen molar-refractivity contribution in [2.75, 3.05) is 46.4 Å². The van der Waals surface area contributed by atoms with Crippen molar-refractivity contribution in [1.29, 1.82) is 0 Å². The van der Waals surface area contributed by atoms with E-state index >= 15 is 0 Å². The van der Waals surface area contributed by atoms with Crippen LogP contribution in [0.5, 0.6) is 0 Å². The summed E-state index contributed by atoms with van der Waals surface area (Å²) in [4.78, 5) is 5.73. The molecule has 25 heavy (non-hydrogen) atoms. The van der Waals surface area contributed by atoms with Crippen LogP contribution < -0.4 is 10.6 Å². The molecule has 0 aromatic carbocycles. The van der Waals surface area contributed by atoms with Crippen LogP contribution in [0.2, 0.25) is 0 Å². The van der Waals surface area contributed by atoms with Gasteiger partial charge in [-0.05, 0) is 58.0 Å². The molecule has 0 saturated carbocycles. The van der Waals surface area contributed by atoms with Crippen LogP contribution in [0.25, 0.3) is 0 Å². The fourth-order valence-corrected chi connectivity index (χ4v) is 3.55. The van der Waals surface area contributed by atoms with Crippen LogP contribution in [0.4, 0.5) is 13.2 Å². The lowest BCUT2D eigenvalue weighted by molar-refractivity contribution is -0.148. The number of halogens is 3. The van der Waals surface area contributed by atoms with E-state index in [1.54, 1.807) is 7.05 Å². The summed E-state index contributed by atoms with van der Waals surface area (Å²) < 4.78 is 42.9. The van der Waals surface area contributed by atoms with Gasteiger partial charge in [-0.15, -0.1) is 0 Å². The average Bonchev–Trinajstić information content (AvgIpc) is 2.98. The normalized spacial score (nSPS) is 26.8. The monoisotopic (exact) mass is 364 g/mol. The number of nitrogens with one attached hydrogen (secondary N) is 2. The van der Waals surface area contributed by atoms with Gasteiger partial charge >= 0.3 is 6.18 Å². The number of rotatable bonds is 6. The van der Waals surface area contributed by atoms with Gasteiger partial charge in [0, 0.05) is 26.7 Å². The average molecular weight is 364 g/mol. The maximum Gasteiger partial charge on any atom is 0.401 e. The molecule has 0 spiro atoms. The number of piperidine rings is 1. The molecular formula is C17H31F3N4O. The summed E-state index contributed by atoms with van der Waals surface area (Å²) >= 11 is 0. The molecule has 1 atom stereocenters. The van der Waals surface area contributed by atoms with Gasteiger partial charge in [0.25, 0.3) is 0 Å². The highest BCUT2D eigenvalue weighted by molar-refractivity contribution is 5.79. The van der Waals surface area contributed by atoms with E-state index in [1.807, 2.05) is 0 Å². The predicted octanol–water partition coefficient (Wildman–Crippen LogP) is 2.38. The fourth-order valence-electron chi connectivity index (χ4n) is 3.55. The second-order valence-corrected chi connectivity index (χ2v) is 7.38. The third-order valence-electron chi connectivity index (χ3n) is 5.11. The standard InChI is InChI=1S/C17H31F3N4O/c1-16(7-3-11-25-16)12-23-15(21-2)22-8-4-14-5-9-24(10-6-14)13-17(18,19)20/h14H,3-13H2,1-2H3,(H2,21,22,23). The van der Waals surface area contributed by atoms with Crippen molar-refractivity contribution in [1.82, 2.24) is 15.5 Å². The molecule has 2 fully saturated rings. The first-order valence-electron chi connectivity index (χ1n) is 9.17. The number of aliphatic imine (C=N–C) groups is 1. The molecule has 2 heterocycles. The lowest BCUT2D eigenvalue weighted by Crippen LogP contribution is -2.46. The molecule has 0 bridgehead atoms. The van der Waals surface area contributed by atoms with Gasteiger partial charge in [0.2, 0.25) is 0 Å². The van der Waals surface area contributed by atoms with Gasteiger partial charge in [-0.3, -0.25) is 9.89 Å². The second-order valence-electron chi connectivity index (χ2n) is 7.38. The number of nitrogens with zero attached hydrogens (tertiary/aromatic N) is 2. The van der Waals surface area contributed by atoms with Gasteiger partial charge in [0.05, 0.1) is 12.1 Å². The van der Waals surface area contributed by atoms with Crippen LogP contribution >= 0.6 is 0 Å². The molecule has 2 aliphatic heterocycles. The minimum Gasteiger partial charge on any atom is -0.373 e. The molecule has 8 heteroatoms. The lowest BCUT2D eigenvalue weighted by atomic mass is 9.93. The first kappa shape index (κ1) is 20.3. The van der Waals surface area contributed by atoms with Crippen LogP contribution in [0.1, 0.15) is 39.0 Å². The van der Waals surface area contributed by atoms with Crippen molar-refractivity contribution < 1.29 is 17.9 Å². The summed E-state index contributed by atoms with van der Waals surface area (Å²) in [5.74, 6) is 1.23. The SMILES string of the molecule is CN=C(NCCC1CCN(CC(F)(F)F)CC1)NCC1(C)CCCO1. The quantitative estimate of drug-likeness (QED) is 0.561. The smallest absolute Gasteiger partial charge is 0.373 e. The third-order valence-corrected chi connectivity index (χ3v) is 5.11. The third kappa shape index (κ3) is 7.40. The molecule has 0 radical (unpaired) electrons. The molecule has 2 rings (SSSR count). The number of ether oxygens (including phenoxy) is 1. The summed E-state index contributed by atoms with van der Waals surface area (Å²) in [7, 11) is 1.74. The van der Waals surface area contributed by atoms with Crippen molar-refractivity contribution >= 4 is 5.96 Å². The minimum absolute atomic E-state index is 0.122. The zero-order valence-corrected chi connectivity index (χ0v) is 15.3. The Labute approximate surface area is 148 Å². The topological polar surface area (TPSA) is 48.9 Å². The van der Waals surface area contributed by atoms with Crippen LogP contribution in [0.3, 0.4) is 0 Å². The Bertz CT molecular complexity index is 428. The Morgan fingerprint density at radius 1 is 1.28 bits per heavy atom. The Kier molecular flexibility index (Phi) is 7.37. The maximum atomic E-state index is 12.4. The van der Waals surface area contributed by atoms with Crippen molar-refractivity contribution in [3.8, 4) is 0 Å². The molecule has 1 unspecified atom stereocenters. The van der Waals surface area contributed by atoms with Crippen LogP contribution in [0, 0.1) is 5.92 Å². The first-order chi connectivity index (χ1) is 11.8. The van der Waals surface area contributed by atoms with E-state index in [0.717, 1.165) is 57.8 Å². The van der Waals surface area contributed by atoms with E-state index in [1.165, 1.54) is 4.90 Å². The van der Waals surface area contributed by atoms with Gasteiger partial charge in [-0.25, -0.2) is 0 Å². The Morgan fingerprint density at radius 2 is 2.00 bits per heavy atom. The molecule has 0 aliphatic carbocycles. The van der Waals surface area contributed by atoms with Crippen molar-refractivity contribution in [2.24, 2.45) is 10.9 Å². The highest BCUT2D eigenvalue weighted by atomic mass is 19.4. The molecule has 5 nitrogen and oxygen atoms in total.